The summed E-state index contributed by atoms with van der Waals surface area (Å²) >= 11 is 1.76. The van der Waals surface area contributed by atoms with Gasteiger partial charge in [-0.1, -0.05) is 36.4 Å². The molecule has 0 saturated carbocycles. The van der Waals surface area contributed by atoms with Gasteiger partial charge in [-0.2, -0.15) is 0 Å². The van der Waals surface area contributed by atoms with Crippen LogP contribution in [0.1, 0.15) is 20.8 Å². The summed E-state index contributed by atoms with van der Waals surface area (Å²) < 4.78 is 6.33. The Balaban J connectivity index is 1.64. The van der Waals surface area contributed by atoms with Crippen molar-refractivity contribution in [2.75, 3.05) is 20.3 Å². The summed E-state index contributed by atoms with van der Waals surface area (Å²) in [6, 6.07) is 20.0. The first-order chi connectivity index (χ1) is 14.7. The van der Waals surface area contributed by atoms with Crippen LogP contribution in [0.15, 0.2) is 66.9 Å². The van der Waals surface area contributed by atoms with Gasteiger partial charge < -0.3 is 15.2 Å². The van der Waals surface area contributed by atoms with Crippen LogP contribution in [-0.4, -0.2) is 36.3 Å². The van der Waals surface area contributed by atoms with Gasteiger partial charge in [0.05, 0.1) is 13.7 Å². The van der Waals surface area contributed by atoms with E-state index in [0.29, 0.717) is 11.4 Å². The summed E-state index contributed by atoms with van der Waals surface area (Å²) in [5.74, 6) is 0.428. The highest BCUT2D eigenvalue weighted by Crippen LogP contribution is 2.36. The maximum atomic E-state index is 12.3. The highest BCUT2D eigenvalue weighted by atomic mass is 32.1. The van der Waals surface area contributed by atoms with Crippen molar-refractivity contribution >= 4 is 27.3 Å². The van der Waals surface area contributed by atoms with Gasteiger partial charge in [0, 0.05) is 40.4 Å². The van der Waals surface area contributed by atoms with Crippen LogP contribution in [0.4, 0.5) is 0 Å². The molecule has 4 aromatic rings. The summed E-state index contributed by atoms with van der Waals surface area (Å²) in [6.07, 6.45) is 2.65. The summed E-state index contributed by atoms with van der Waals surface area (Å²) in [6.45, 7) is 0.166. The summed E-state index contributed by atoms with van der Waals surface area (Å²) in [5, 5.41) is 12.8. The molecule has 0 bridgehead atoms. The Kier molecular flexibility index (Phi) is 6.07. The number of hydrogen-bond donors (Lipinski definition) is 2. The van der Waals surface area contributed by atoms with E-state index in [-0.39, 0.29) is 19.1 Å². The number of aromatic nitrogens is 1. The van der Waals surface area contributed by atoms with Crippen molar-refractivity contribution in [3.8, 4) is 17.0 Å². The average Bonchev–Trinajstić information content (AvgIpc) is 3.20. The van der Waals surface area contributed by atoms with E-state index in [2.05, 4.69) is 28.5 Å². The number of hydrogen-bond acceptors (Lipinski definition) is 5. The Morgan fingerprint density at radius 1 is 1.13 bits per heavy atom. The van der Waals surface area contributed by atoms with E-state index in [0.717, 1.165) is 23.1 Å². The molecular weight excluding hydrogens is 396 g/mol. The first kappa shape index (κ1) is 20.1. The Bertz CT molecular complexity index is 1170. The van der Waals surface area contributed by atoms with Crippen LogP contribution in [0, 0.1) is 0 Å². The zero-order valence-electron chi connectivity index (χ0n) is 16.6. The van der Waals surface area contributed by atoms with Gasteiger partial charge in [0.1, 0.15) is 0 Å². The first-order valence-corrected chi connectivity index (χ1v) is 10.5. The third-order valence-corrected chi connectivity index (χ3v) is 6.00. The standard InChI is InChI=1S/C24H22N2O3S/c1-29-22-9-8-16(15-26-22)12-20-14-18-5-3-7-21(23(18)30-20)17-4-2-6-19(13-17)24(28)25-10-11-27/h2-9,13-15,27H,10-12H2,1H3,(H,25,28). The van der Waals surface area contributed by atoms with Crippen molar-refractivity contribution in [1.29, 1.82) is 0 Å². The minimum atomic E-state index is -0.183. The molecule has 2 N–H and O–H groups in total. The number of methoxy groups -OCH3 is 1. The predicted molar refractivity (Wildman–Crippen MR) is 120 cm³/mol. The molecule has 0 radical (unpaired) electrons. The fourth-order valence-corrected chi connectivity index (χ4v) is 4.60. The SMILES string of the molecule is COc1ccc(Cc2cc3cccc(-c4cccc(C(=O)NCCO)c4)c3s2)cn1. The Hall–Kier alpha value is -3.22. The molecule has 1 amide bonds. The van der Waals surface area contributed by atoms with Crippen molar-refractivity contribution in [2.45, 2.75) is 6.42 Å². The van der Waals surface area contributed by atoms with Gasteiger partial charge in [0.15, 0.2) is 0 Å². The van der Waals surface area contributed by atoms with Crippen LogP contribution in [0.5, 0.6) is 5.88 Å². The van der Waals surface area contributed by atoms with Crippen LogP contribution in [0.25, 0.3) is 21.2 Å². The summed E-state index contributed by atoms with van der Waals surface area (Å²) in [4.78, 5) is 17.8. The molecule has 152 valence electrons. The average molecular weight is 419 g/mol. The van der Waals surface area contributed by atoms with Gasteiger partial charge in [-0.15, -0.1) is 11.3 Å². The molecule has 0 aliphatic rings. The maximum absolute atomic E-state index is 12.3. The maximum Gasteiger partial charge on any atom is 0.251 e. The van der Waals surface area contributed by atoms with Crippen molar-refractivity contribution in [3.05, 3.63) is 82.9 Å². The number of carbonyl (C=O) groups excluding carboxylic acids is 1. The number of rotatable bonds is 7. The van der Waals surface area contributed by atoms with E-state index in [1.54, 1.807) is 24.5 Å². The Morgan fingerprint density at radius 2 is 2.00 bits per heavy atom. The number of thiophene rings is 1. The van der Waals surface area contributed by atoms with E-state index in [1.165, 1.54) is 15.0 Å². The van der Waals surface area contributed by atoms with Gasteiger partial charge >= 0.3 is 0 Å². The quantitative estimate of drug-likeness (QED) is 0.470. The lowest BCUT2D eigenvalue weighted by molar-refractivity contribution is 0.0945. The second-order valence-electron chi connectivity index (χ2n) is 6.88. The van der Waals surface area contributed by atoms with Crippen LogP contribution in [-0.2, 0) is 6.42 Å². The van der Waals surface area contributed by atoms with Gasteiger partial charge in [-0.05, 0) is 40.3 Å². The third kappa shape index (κ3) is 4.35. The highest BCUT2D eigenvalue weighted by molar-refractivity contribution is 7.19. The van der Waals surface area contributed by atoms with Crippen molar-refractivity contribution in [1.82, 2.24) is 10.3 Å². The number of fused-ring (bicyclic) bond motifs is 1. The molecule has 2 aromatic carbocycles. The second-order valence-corrected chi connectivity index (χ2v) is 8.02. The molecule has 0 aliphatic carbocycles. The Labute approximate surface area is 179 Å². The van der Waals surface area contributed by atoms with Crippen LogP contribution in [0.2, 0.25) is 0 Å². The summed E-state index contributed by atoms with van der Waals surface area (Å²) in [5.41, 5.74) is 3.82. The largest absolute Gasteiger partial charge is 0.481 e. The molecule has 30 heavy (non-hydrogen) atoms. The van der Waals surface area contributed by atoms with E-state index < -0.39 is 0 Å². The zero-order chi connectivity index (χ0) is 20.9. The van der Waals surface area contributed by atoms with E-state index in [1.807, 2.05) is 42.6 Å². The molecule has 6 heteroatoms. The number of amides is 1. The molecule has 0 atom stereocenters. The number of nitrogens with one attached hydrogen (secondary N) is 1. The molecule has 0 aliphatic heterocycles. The molecule has 2 aromatic heterocycles. The molecule has 2 heterocycles. The van der Waals surface area contributed by atoms with Crippen LogP contribution >= 0.6 is 11.3 Å². The second kappa shape index (κ2) is 9.07. The normalized spacial score (nSPS) is 10.9. The number of aliphatic hydroxyl groups is 1. The molecule has 0 fully saturated rings. The number of aliphatic hydroxyl groups excluding tert-OH is 1. The lowest BCUT2D eigenvalue weighted by Crippen LogP contribution is -2.26. The molecule has 5 nitrogen and oxygen atoms in total. The lowest BCUT2D eigenvalue weighted by Gasteiger charge is -2.07. The molecule has 4 rings (SSSR count). The van der Waals surface area contributed by atoms with Crippen LogP contribution < -0.4 is 10.1 Å². The fraction of sp³-hybridized carbons (Fsp3) is 0.167. The smallest absolute Gasteiger partial charge is 0.251 e. The number of benzene rings is 2. The van der Waals surface area contributed by atoms with E-state index >= 15 is 0 Å². The highest BCUT2D eigenvalue weighted by Gasteiger charge is 2.11. The topological polar surface area (TPSA) is 71.5 Å². The summed E-state index contributed by atoms with van der Waals surface area (Å²) in [7, 11) is 1.61. The molecule has 0 spiro atoms. The minimum Gasteiger partial charge on any atom is -0.481 e. The van der Waals surface area contributed by atoms with Gasteiger partial charge in [0.25, 0.3) is 5.91 Å². The number of carbonyl (C=O) groups is 1. The first-order valence-electron chi connectivity index (χ1n) is 9.68. The fourth-order valence-electron chi connectivity index (χ4n) is 3.37. The van der Waals surface area contributed by atoms with Crippen LogP contribution in [0.3, 0.4) is 0 Å². The zero-order valence-corrected chi connectivity index (χ0v) is 17.4. The van der Waals surface area contributed by atoms with E-state index in [4.69, 9.17) is 9.84 Å². The van der Waals surface area contributed by atoms with Crippen molar-refractivity contribution in [2.24, 2.45) is 0 Å². The van der Waals surface area contributed by atoms with Crippen molar-refractivity contribution in [3.63, 3.8) is 0 Å². The minimum absolute atomic E-state index is 0.0770. The van der Waals surface area contributed by atoms with Gasteiger partial charge in [-0.3, -0.25) is 4.79 Å². The van der Waals surface area contributed by atoms with E-state index in [9.17, 15) is 4.79 Å². The lowest BCUT2D eigenvalue weighted by atomic mass is 10.0. The van der Waals surface area contributed by atoms with Gasteiger partial charge in [-0.25, -0.2) is 4.98 Å². The van der Waals surface area contributed by atoms with Gasteiger partial charge in [0.2, 0.25) is 5.88 Å². The number of ether oxygens (including phenoxy) is 1. The Morgan fingerprint density at radius 3 is 2.77 bits per heavy atom. The van der Waals surface area contributed by atoms with Crippen molar-refractivity contribution < 1.29 is 14.6 Å². The molecular formula is C24H22N2O3S. The number of pyridine rings is 1. The molecule has 0 saturated heterocycles. The predicted octanol–water partition coefficient (Wildman–Crippen LogP) is 4.28. The number of nitrogens with zero attached hydrogens (tertiary/aromatic N) is 1. The monoisotopic (exact) mass is 418 g/mol. The molecule has 0 unspecified atom stereocenters. The third-order valence-electron chi connectivity index (χ3n) is 4.81.